The van der Waals surface area contributed by atoms with E-state index in [0.29, 0.717) is 11.3 Å². The Hall–Kier alpha value is -1.97. The zero-order chi connectivity index (χ0) is 11.3. The summed E-state index contributed by atoms with van der Waals surface area (Å²) in [6.07, 6.45) is 2.78. The average molecular weight is 208 g/mol. The van der Waals surface area contributed by atoms with Crippen molar-refractivity contribution < 1.29 is 19.4 Å². The molecule has 0 fully saturated rings. The molecule has 1 aromatic carbocycles. The van der Waals surface area contributed by atoms with Crippen molar-refractivity contribution in [1.82, 2.24) is 0 Å². The SMILES string of the molecule is COC(=O)/C=C/c1cccc(O)c1OC. The minimum Gasteiger partial charge on any atom is -0.504 e. The summed E-state index contributed by atoms with van der Waals surface area (Å²) in [6, 6.07) is 4.89. The summed E-state index contributed by atoms with van der Waals surface area (Å²) in [5.41, 5.74) is 0.614. The number of para-hydroxylation sites is 1. The summed E-state index contributed by atoms with van der Waals surface area (Å²) in [5.74, 6) is -0.0948. The highest BCUT2D eigenvalue weighted by atomic mass is 16.5. The second kappa shape index (κ2) is 5.05. The summed E-state index contributed by atoms with van der Waals surface area (Å²) >= 11 is 0. The normalized spacial score (nSPS) is 10.3. The van der Waals surface area contributed by atoms with Gasteiger partial charge in [-0.2, -0.15) is 0 Å². The molecular weight excluding hydrogens is 196 g/mol. The standard InChI is InChI=1S/C11H12O4/c1-14-10(13)7-6-8-4-3-5-9(12)11(8)15-2/h3-7,12H,1-2H3/b7-6+. The molecule has 0 bridgehead atoms. The molecule has 4 heteroatoms. The molecule has 0 aliphatic rings. The molecule has 0 unspecified atom stereocenters. The summed E-state index contributed by atoms with van der Waals surface area (Å²) in [5, 5.41) is 9.44. The first-order chi connectivity index (χ1) is 7.19. The minimum absolute atomic E-state index is 0.0320. The van der Waals surface area contributed by atoms with Gasteiger partial charge in [-0.1, -0.05) is 12.1 Å². The number of rotatable bonds is 3. The first kappa shape index (κ1) is 11.1. The number of esters is 1. The Kier molecular flexibility index (Phi) is 3.74. The number of phenolic OH excluding ortho intramolecular Hbond substituents is 1. The molecule has 1 rings (SSSR count). The zero-order valence-corrected chi connectivity index (χ0v) is 8.56. The van der Waals surface area contributed by atoms with Crippen LogP contribution in [0.3, 0.4) is 0 Å². The van der Waals surface area contributed by atoms with Crippen molar-refractivity contribution >= 4 is 12.0 Å². The van der Waals surface area contributed by atoms with Crippen molar-refractivity contribution in [3.8, 4) is 11.5 Å². The van der Waals surface area contributed by atoms with E-state index in [2.05, 4.69) is 4.74 Å². The molecule has 4 nitrogen and oxygen atoms in total. The van der Waals surface area contributed by atoms with Crippen molar-refractivity contribution in [3.05, 3.63) is 29.8 Å². The van der Waals surface area contributed by atoms with E-state index in [-0.39, 0.29) is 5.75 Å². The van der Waals surface area contributed by atoms with Gasteiger partial charge in [-0.15, -0.1) is 0 Å². The zero-order valence-electron chi connectivity index (χ0n) is 8.56. The van der Waals surface area contributed by atoms with E-state index in [1.807, 2.05) is 0 Å². The molecule has 0 radical (unpaired) electrons. The van der Waals surface area contributed by atoms with Gasteiger partial charge >= 0.3 is 5.97 Å². The summed E-state index contributed by atoms with van der Waals surface area (Å²) < 4.78 is 9.44. The second-order valence-corrected chi connectivity index (χ2v) is 2.76. The third kappa shape index (κ3) is 2.74. The van der Waals surface area contributed by atoms with Crippen LogP contribution in [-0.4, -0.2) is 25.3 Å². The lowest BCUT2D eigenvalue weighted by molar-refractivity contribution is -0.134. The molecule has 0 aromatic heterocycles. The molecule has 0 saturated carbocycles. The topological polar surface area (TPSA) is 55.8 Å². The van der Waals surface area contributed by atoms with Crippen molar-refractivity contribution in [2.75, 3.05) is 14.2 Å². The van der Waals surface area contributed by atoms with Crippen molar-refractivity contribution in [2.45, 2.75) is 0 Å². The predicted octanol–water partition coefficient (Wildman–Crippen LogP) is 1.59. The fraction of sp³-hybridized carbons (Fsp3) is 0.182. The molecular formula is C11H12O4. The van der Waals surface area contributed by atoms with Crippen molar-refractivity contribution in [1.29, 1.82) is 0 Å². The monoisotopic (exact) mass is 208 g/mol. The fourth-order valence-corrected chi connectivity index (χ4v) is 1.12. The number of aromatic hydroxyl groups is 1. The Labute approximate surface area is 87.7 Å². The van der Waals surface area contributed by atoms with Crippen molar-refractivity contribution in [3.63, 3.8) is 0 Å². The van der Waals surface area contributed by atoms with Gasteiger partial charge in [-0.05, 0) is 12.1 Å². The van der Waals surface area contributed by atoms with E-state index in [1.165, 1.54) is 32.4 Å². The molecule has 0 aliphatic carbocycles. The number of ether oxygens (including phenoxy) is 2. The number of carbonyl (C=O) groups excluding carboxylic acids is 1. The molecule has 0 spiro atoms. The number of benzene rings is 1. The third-order valence-electron chi connectivity index (χ3n) is 1.83. The Bertz CT molecular complexity index is 382. The number of carbonyl (C=O) groups is 1. The van der Waals surface area contributed by atoms with Crippen LogP contribution in [0.5, 0.6) is 11.5 Å². The van der Waals surface area contributed by atoms with Gasteiger partial charge in [-0.3, -0.25) is 0 Å². The maximum Gasteiger partial charge on any atom is 0.330 e. The largest absolute Gasteiger partial charge is 0.504 e. The van der Waals surface area contributed by atoms with Gasteiger partial charge in [0, 0.05) is 11.6 Å². The highest BCUT2D eigenvalue weighted by Crippen LogP contribution is 2.30. The average Bonchev–Trinajstić information content (AvgIpc) is 2.25. The van der Waals surface area contributed by atoms with E-state index < -0.39 is 5.97 Å². The van der Waals surface area contributed by atoms with Crippen LogP contribution in [0.25, 0.3) is 6.08 Å². The molecule has 0 aliphatic heterocycles. The molecule has 0 amide bonds. The molecule has 0 atom stereocenters. The number of phenols is 1. The summed E-state index contributed by atoms with van der Waals surface area (Å²) in [6.45, 7) is 0. The Morgan fingerprint density at radius 3 is 2.73 bits per heavy atom. The van der Waals surface area contributed by atoms with Crippen LogP contribution >= 0.6 is 0 Å². The second-order valence-electron chi connectivity index (χ2n) is 2.76. The Balaban J connectivity index is 2.99. The van der Waals surface area contributed by atoms with Crippen LogP contribution in [0, 0.1) is 0 Å². The van der Waals surface area contributed by atoms with Gasteiger partial charge in [0.25, 0.3) is 0 Å². The first-order valence-electron chi connectivity index (χ1n) is 4.31. The highest BCUT2D eigenvalue weighted by molar-refractivity contribution is 5.87. The van der Waals surface area contributed by atoms with Crippen LogP contribution in [0.15, 0.2) is 24.3 Å². The van der Waals surface area contributed by atoms with E-state index in [9.17, 15) is 9.90 Å². The number of hydrogen-bond acceptors (Lipinski definition) is 4. The molecule has 1 aromatic rings. The quantitative estimate of drug-likeness (QED) is 0.605. The van der Waals surface area contributed by atoms with Crippen LogP contribution in [0.1, 0.15) is 5.56 Å². The smallest absolute Gasteiger partial charge is 0.330 e. The highest BCUT2D eigenvalue weighted by Gasteiger charge is 2.05. The van der Waals surface area contributed by atoms with Crippen LogP contribution in [0.4, 0.5) is 0 Å². The van der Waals surface area contributed by atoms with Crippen molar-refractivity contribution in [2.24, 2.45) is 0 Å². The van der Waals surface area contributed by atoms with Crippen LogP contribution < -0.4 is 4.74 Å². The Morgan fingerprint density at radius 2 is 2.13 bits per heavy atom. The summed E-state index contributed by atoms with van der Waals surface area (Å²) in [4.78, 5) is 10.9. The first-order valence-corrected chi connectivity index (χ1v) is 4.31. The molecule has 80 valence electrons. The lowest BCUT2D eigenvalue weighted by Gasteiger charge is -2.05. The van der Waals surface area contributed by atoms with Gasteiger partial charge in [0.2, 0.25) is 0 Å². The predicted molar refractivity (Wildman–Crippen MR) is 55.7 cm³/mol. The number of hydrogen-bond donors (Lipinski definition) is 1. The third-order valence-corrected chi connectivity index (χ3v) is 1.83. The number of methoxy groups -OCH3 is 2. The molecule has 0 saturated heterocycles. The van der Waals surface area contributed by atoms with Gasteiger partial charge in [-0.25, -0.2) is 4.79 Å². The lowest BCUT2D eigenvalue weighted by atomic mass is 10.1. The van der Waals surface area contributed by atoms with Gasteiger partial charge in [0.05, 0.1) is 14.2 Å². The lowest BCUT2D eigenvalue weighted by Crippen LogP contribution is -1.94. The molecule has 1 N–H and O–H groups in total. The maximum atomic E-state index is 10.9. The van der Waals surface area contributed by atoms with Gasteiger partial charge in [0.1, 0.15) is 0 Å². The van der Waals surface area contributed by atoms with E-state index >= 15 is 0 Å². The fourth-order valence-electron chi connectivity index (χ4n) is 1.12. The summed E-state index contributed by atoms with van der Waals surface area (Å²) in [7, 11) is 2.75. The van der Waals surface area contributed by atoms with Crippen LogP contribution in [0.2, 0.25) is 0 Å². The maximum absolute atomic E-state index is 10.9. The van der Waals surface area contributed by atoms with Gasteiger partial charge < -0.3 is 14.6 Å². The van der Waals surface area contributed by atoms with E-state index in [4.69, 9.17) is 4.74 Å². The van der Waals surface area contributed by atoms with E-state index in [0.717, 1.165) is 0 Å². The molecule has 0 heterocycles. The Morgan fingerprint density at radius 1 is 1.40 bits per heavy atom. The molecule has 15 heavy (non-hydrogen) atoms. The minimum atomic E-state index is -0.458. The van der Waals surface area contributed by atoms with E-state index in [1.54, 1.807) is 12.1 Å². The van der Waals surface area contributed by atoms with Crippen LogP contribution in [-0.2, 0) is 9.53 Å². The van der Waals surface area contributed by atoms with Gasteiger partial charge in [0.15, 0.2) is 11.5 Å².